The Morgan fingerprint density at radius 2 is 2.24 bits per heavy atom. The molecule has 0 aliphatic carbocycles. The summed E-state index contributed by atoms with van der Waals surface area (Å²) in [5.74, 6) is 1.88. The van der Waals surface area contributed by atoms with Gasteiger partial charge in [0.05, 0.1) is 6.04 Å². The van der Waals surface area contributed by atoms with Crippen molar-refractivity contribution in [2.75, 3.05) is 0 Å². The van der Waals surface area contributed by atoms with Crippen LogP contribution in [0.4, 0.5) is 0 Å². The van der Waals surface area contributed by atoms with Gasteiger partial charge >= 0.3 is 0 Å². The summed E-state index contributed by atoms with van der Waals surface area (Å²) in [5, 5.41) is 4.14. The molecule has 0 aromatic carbocycles. The first-order valence-electron chi connectivity index (χ1n) is 6.01. The number of nitrogens with zero attached hydrogens (tertiary/aromatic N) is 2. The minimum Gasteiger partial charge on any atom is -0.464 e. The van der Waals surface area contributed by atoms with E-state index in [4.69, 9.17) is 10.2 Å². The van der Waals surface area contributed by atoms with E-state index in [0.717, 1.165) is 30.8 Å². The molecule has 4 heteroatoms. The maximum absolute atomic E-state index is 6.11. The van der Waals surface area contributed by atoms with E-state index in [9.17, 15) is 0 Å². The lowest BCUT2D eigenvalue weighted by Crippen LogP contribution is -2.11. The summed E-state index contributed by atoms with van der Waals surface area (Å²) in [6, 6.07) is 5.96. The molecule has 0 aliphatic heterocycles. The normalized spacial score (nSPS) is 12.9. The fourth-order valence-electron chi connectivity index (χ4n) is 1.88. The monoisotopic (exact) mass is 233 g/mol. The molecule has 2 N–H and O–H groups in total. The number of aromatic nitrogens is 2. The van der Waals surface area contributed by atoms with Gasteiger partial charge in [0.2, 0.25) is 0 Å². The van der Waals surface area contributed by atoms with E-state index < -0.39 is 0 Å². The van der Waals surface area contributed by atoms with Gasteiger partial charge in [-0.05, 0) is 31.0 Å². The number of hydrogen-bond acceptors (Lipinski definition) is 3. The zero-order valence-electron chi connectivity index (χ0n) is 10.4. The van der Waals surface area contributed by atoms with Gasteiger partial charge in [-0.3, -0.25) is 4.68 Å². The Bertz CT molecular complexity index is 472. The average Bonchev–Trinajstić information content (AvgIpc) is 2.94. The summed E-state index contributed by atoms with van der Waals surface area (Å²) in [6.07, 6.45) is 4.51. The van der Waals surface area contributed by atoms with Crippen molar-refractivity contribution in [1.82, 2.24) is 9.78 Å². The van der Waals surface area contributed by atoms with E-state index in [2.05, 4.69) is 12.0 Å². The molecule has 0 radical (unpaired) electrons. The zero-order valence-corrected chi connectivity index (χ0v) is 10.4. The molecule has 0 fully saturated rings. The van der Waals surface area contributed by atoms with Gasteiger partial charge in [-0.15, -0.1) is 0 Å². The first-order valence-corrected chi connectivity index (χ1v) is 6.01. The Kier molecular flexibility index (Phi) is 3.64. The van der Waals surface area contributed by atoms with E-state index in [0.29, 0.717) is 0 Å². The SMILES string of the molecule is CCc1ccc(C(N)CCc2ccnn2C)o1. The van der Waals surface area contributed by atoms with Crippen molar-refractivity contribution < 1.29 is 4.42 Å². The van der Waals surface area contributed by atoms with Crippen LogP contribution in [0.2, 0.25) is 0 Å². The number of furan rings is 1. The third-order valence-electron chi connectivity index (χ3n) is 3.03. The van der Waals surface area contributed by atoms with Crippen LogP contribution in [0.25, 0.3) is 0 Å². The minimum atomic E-state index is -0.0369. The highest BCUT2D eigenvalue weighted by Gasteiger charge is 2.11. The molecule has 2 aromatic heterocycles. The van der Waals surface area contributed by atoms with Crippen molar-refractivity contribution in [1.29, 1.82) is 0 Å². The van der Waals surface area contributed by atoms with Crippen molar-refractivity contribution in [3.8, 4) is 0 Å². The molecule has 2 heterocycles. The molecule has 2 aromatic rings. The maximum Gasteiger partial charge on any atom is 0.120 e. The third-order valence-corrected chi connectivity index (χ3v) is 3.03. The second-order valence-electron chi connectivity index (χ2n) is 4.25. The van der Waals surface area contributed by atoms with E-state index in [-0.39, 0.29) is 6.04 Å². The third kappa shape index (κ3) is 2.77. The first kappa shape index (κ1) is 11.9. The van der Waals surface area contributed by atoms with Gasteiger partial charge in [0.15, 0.2) is 0 Å². The number of rotatable bonds is 5. The summed E-state index contributed by atoms with van der Waals surface area (Å²) in [6.45, 7) is 2.07. The number of nitrogens with two attached hydrogens (primary N) is 1. The molecule has 1 atom stereocenters. The van der Waals surface area contributed by atoms with E-state index in [1.165, 1.54) is 5.69 Å². The Hall–Kier alpha value is -1.55. The van der Waals surface area contributed by atoms with Crippen LogP contribution < -0.4 is 5.73 Å². The standard InChI is InChI=1S/C13H19N3O/c1-3-11-5-7-13(17-11)12(14)6-4-10-8-9-15-16(10)2/h5,7-9,12H,3-4,6,14H2,1-2H3. The van der Waals surface area contributed by atoms with Crippen molar-refractivity contribution >= 4 is 0 Å². The van der Waals surface area contributed by atoms with E-state index in [1.54, 1.807) is 0 Å². The fraction of sp³-hybridized carbons (Fsp3) is 0.462. The molecule has 0 saturated carbocycles. The van der Waals surface area contributed by atoms with Crippen molar-refractivity contribution in [3.63, 3.8) is 0 Å². The molecule has 0 spiro atoms. The van der Waals surface area contributed by atoms with Gasteiger partial charge in [0, 0.05) is 25.4 Å². The molecule has 0 amide bonds. The number of aryl methyl sites for hydroxylation is 3. The van der Waals surface area contributed by atoms with Gasteiger partial charge in [0.1, 0.15) is 11.5 Å². The summed E-state index contributed by atoms with van der Waals surface area (Å²) in [7, 11) is 1.95. The molecule has 17 heavy (non-hydrogen) atoms. The smallest absolute Gasteiger partial charge is 0.120 e. The highest BCUT2D eigenvalue weighted by atomic mass is 16.3. The predicted octanol–water partition coefficient (Wildman–Crippen LogP) is 2.21. The minimum absolute atomic E-state index is 0.0369. The Labute approximate surface area is 101 Å². The van der Waals surface area contributed by atoms with Crippen LogP contribution in [-0.4, -0.2) is 9.78 Å². The largest absolute Gasteiger partial charge is 0.464 e. The lowest BCUT2D eigenvalue weighted by Gasteiger charge is -2.08. The molecule has 0 bridgehead atoms. The van der Waals surface area contributed by atoms with Crippen LogP contribution in [0.15, 0.2) is 28.8 Å². The van der Waals surface area contributed by atoms with Gasteiger partial charge < -0.3 is 10.2 Å². The summed E-state index contributed by atoms with van der Waals surface area (Å²) >= 11 is 0. The molecule has 2 rings (SSSR count). The van der Waals surface area contributed by atoms with Crippen LogP contribution in [0.5, 0.6) is 0 Å². The summed E-state index contributed by atoms with van der Waals surface area (Å²) in [4.78, 5) is 0. The van der Waals surface area contributed by atoms with Gasteiger partial charge in [0.25, 0.3) is 0 Å². The van der Waals surface area contributed by atoms with Crippen molar-refractivity contribution in [2.45, 2.75) is 32.2 Å². The quantitative estimate of drug-likeness (QED) is 0.861. The van der Waals surface area contributed by atoms with Crippen LogP contribution in [0, 0.1) is 0 Å². The topological polar surface area (TPSA) is 57.0 Å². The highest BCUT2D eigenvalue weighted by Crippen LogP contribution is 2.19. The number of hydrogen-bond donors (Lipinski definition) is 1. The highest BCUT2D eigenvalue weighted by molar-refractivity contribution is 5.11. The molecule has 92 valence electrons. The van der Waals surface area contributed by atoms with Crippen LogP contribution in [-0.2, 0) is 19.9 Å². The lowest BCUT2D eigenvalue weighted by molar-refractivity contribution is 0.423. The van der Waals surface area contributed by atoms with Crippen molar-refractivity contribution in [2.24, 2.45) is 12.8 Å². The lowest BCUT2D eigenvalue weighted by atomic mass is 10.1. The van der Waals surface area contributed by atoms with E-state index >= 15 is 0 Å². The molecular formula is C13H19N3O. The zero-order chi connectivity index (χ0) is 12.3. The molecule has 1 unspecified atom stereocenters. The first-order chi connectivity index (χ1) is 8.20. The Morgan fingerprint density at radius 1 is 1.41 bits per heavy atom. The predicted molar refractivity (Wildman–Crippen MR) is 66.5 cm³/mol. The fourth-order valence-corrected chi connectivity index (χ4v) is 1.88. The van der Waals surface area contributed by atoms with E-state index in [1.807, 2.05) is 36.1 Å². The second-order valence-corrected chi connectivity index (χ2v) is 4.25. The van der Waals surface area contributed by atoms with Gasteiger partial charge in [-0.2, -0.15) is 5.10 Å². The second kappa shape index (κ2) is 5.19. The molecule has 4 nitrogen and oxygen atoms in total. The van der Waals surface area contributed by atoms with Gasteiger partial charge in [-0.25, -0.2) is 0 Å². The Balaban J connectivity index is 1.93. The molecule has 0 aliphatic rings. The average molecular weight is 233 g/mol. The molecule has 0 saturated heterocycles. The van der Waals surface area contributed by atoms with Crippen LogP contribution >= 0.6 is 0 Å². The molecular weight excluding hydrogens is 214 g/mol. The summed E-state index contributed by atoms with van der Waals surface area (Å²) in [5.41, 5.74) is 7.30. The van der Waals surface area contributed by atoms with Gasteiger partial charge in [-0.1, -0.05) is 6.92 Å². The van der Waals surface area contributed by atoms with Crippen LogP contribution in [0.1, 0.15) is 36.6 Å². The van der Waals surface area contributed by atoms with Crippen molar-refractivity contribution in [3.05, 3.63) is 41.6 Å². The maximum atomic E-state index is 6.11. The van der Waals surface area contributed by atoms with Crippen LogP contribution in [0.3, 0.4) is 0 Å². The summed E-state index contributed by atoms with van der Waals surface area (Å²) < 4.78 is 7.53. The Morgan fingerprint density at radius 3 is 2.82 bits per heavy atom.